The van der Waals surface area contributed by atoms with Crippen LogP contribution in [-0.2, 0) is 6.54 Å². The summed E-state index contributed by atoms with van der Waals surface area (Å²) in [4.78, 5) is 4.16. The van der Waals surface area contributed by atoms with Crippen LogP contribution in [0, 0.1) is 12.7 Å². The van der Waals surface area contributed by atoms with E-state index in [1.54, 1.807) is 31.3 Å². The van der Waals surface area contributed by atoms with Crippen molar-refractivity contribution >= 4 is 11.6 Å². The number of halogens is 2. The van der Waals surface area contributed by atoms with Crippen LogP contribution >= 0.6 is 11.6 Å². The van der Waals surface area contributed by atoms with Crippen LogP contribution in [0.2, 0.25) is 5.02 Å². The third-order valence-corrected chi connectivity index (χ3v) is 3.07. The summed E-state index contributed by atoms with van der Waals surface area (Å²) in [6.07, 6.45) is 1.69. The van der Waals surface area contributed by atoms with Gasteiger partial charge in [0, 0.05) is 18.8 Å². The number of ether oxygens (including phenoxy) is 1. The fourth-order valence-corrected chi connectivity index (χ4v) is 1.88. The lowest BCUT2D eigenvalue weighted by atomic mass is 10.2. The van der Waals surface area contributed by atoms with E-state index in [-0.39, 0.29) is 11.7 Å². The van der Waals surface area contributed by atoms with E-state index in [2.05, 4.69) is 10.3 Å². The number of nitrogens with zero attached hydrogens (tertiary/aromatic N) is 1. The van der Waals surface area contributed by atoms with Crippen LogP contribution in [0.15, 0.2) is 30.5 Å². The second-order valence-electron chi connectivity index (χ2n) is 4.42. The quantitative estimate of drug-likeness (QED) is 0.902. The summed E-state index contributed by atoms with van der Waals surface area (Å²) in [7, 11) is 0. The normalized spacial score (nSPS) is 10.6. The largest absolute Gasteiger partial charge is 0.437 e. The summed E-state index contributed by atoms with van der Waals surface area (Å²) in [6, 6.07) is 6.44. The molecule has 1 N–H and O–H groups in total. The van der Waals surface area contributed by atoms with Gasteiger partial charge in [0.1, 0.15) is 16.6 Å². The van der Waals surface area contributed by atoms with E-state index in [0.717, 1.165) is 12.1 Å². The van der Waals surface area contributed by atoms with Gasteiger partial charge < -0.3 is 10.1 Å². The fourth-order valence-electron chi connectivity index (χ4n) is 1.65. The first kappa shape index (κ1) is 14.8. The SMILES string of the molecule is CCNCc1cnc(Oc2ccc(C)c(F)c2)c(Cl)c1. The smallest absolute Gasteiger partial charge is 0.238 e. The van der Waals surface area contributed by atoms with E-state index in [4.69, 9.17) is 16.3 Å². The van der Waals surface area contributed by atoms with Gasteiger partial charge in [0.25, 0.3) is 0 Å². The third-order valence-electron chi connectivity index (χ3n) is 2.80. The van der Waals surface area contributed by atoms with Gasteiger partial charge in [0.15, 0.2) is 0 Å². The lowest BCUT2D eigenvalue weighted by molar-refractivity contribution is 0.457. The molecule has 1 aromatic carbocycles. The highest BCUT2D eigenvalue weighted by atomic mass is 35.5. The topological polar surface area (TPSA) is 34.2 Å². The zero-order chi connectivity index (χ0) is 14.5. The maximum Gasteiger partial charge on any atom is 0.238 e. The molecule has 0 saturated carbocycles. The highest BCUT2D eigenvalue weighted by molar-refractivity contribution is 6.31. The Hall–Kier alpha value is -1.65. The van der Waals surface area contributed by atoms with Gasteiger partial charge in [-0.2, -0.15) is 0 Å². The molecule has 0 aliphatic rings. The molecule has 0 unspecified atom stereocenters. The van der Waals surface area contributed by atoms with E-state index in [9.17, 15) is 4.39 Å². The predicted molar refractivity (Wildman–Crippen MR) is 77.8 cm³/mol. The number of rotatable bonds is 5. The van der Waals surface area contributed by atoms with Gasteiger partial charge >= 0.3 is 0 Å². The van der Waals surface area contributed by atoms with Gasteiger partial charge in [-0.05, 0) is 36.7 Å². The minimum Gasteiger partial charge on any atom is -0.437 e. The van der Waals surface area contributed by atoms with Crippen LogP contribution in [0.5, 0.6) is 11.6 Å². The minimum atomic E-state index is -0.317. The van der Waals surface area contributed by atoms with Gasteiger partial charge in [-0.25, -0.2) is 9.37 Å². The first-order chi connectivity index (χ1) is 9.60. The number of pyridine rings is 1. The molecule has 2 aromatic rings. The Kier molecular flexibility index (Phi) is 4.93. The molecule has 0 atom stereocenters. The molecule has 0 saturated heterocycles. The summed E-state index contributed by atoms with van der Waals surface area (Å²) < 4.78 is 18.9. The maximum atomic E-state index is 13.4. The van der Waals surface area contributed by atoms with Crippen molar-refractivity contribution in [3.8, 4) is 11.6 Å². The van der Waals surface area contributed by atoms with Crippen molar-refractivity contribution in [1.82, 2.24) is 10.3 Å². The molecule has 106 valence electrons. The monoisotopic (exact) mass is 294 g/mol. The standard InChI is InChI=1S/C15H16ClFN2O/c1-3-18-8-11-6-13(16)15(19-9-11)20-12-5-4-10(2)14(17)7-12/h4-7,9,18H,3,8H2,1-2H3. The zero-order valence-electron chi connectivity index (χ0n) is 11.4. The van der Waals surface area contributed by atoms with E-state index in [0.29, 0.717) is 22.9 Å². The lowest BCUT2D eigenvalue weighted by Gasteiger charge is -2.09. The van der Waals surface area contributed by atoms with Crippen LogP contribution in [0.1, 0.15) is 18.1 Å². The summed E-state index contributed by atoms with van der Waals surface area (Å²) in [5, 5.41) is 3.59. The Bertz CT molecular complexity index is 604. The molecule has 0 radical (unpaired) electrons. The van der Waals surface area contributed by atoms with Crippen molar-refractivity contribution in [1.29, 1.82) is 0 Å². The molecular formula is C15H16ClFN2O. The average Bonchev–Trinajstić information content (AvgIpc) is 2.43. The Morgan fingerprint density at radius 1 is 1.35 bits per heavy atom. The maximum absolute atomic E-state index is 13.4. The third kappa shape index (κ3) is 3.68. The van der Waals surface area contributed by atoms with Crippen molar-refractivity contribution in [3.05, 3.63) is 52.4 Å². The second kappa shape index (κ2) is 6.68. The number of nitrogens with one attached hydrogen (secondary N) is 1. The number of aromatic nitrogens is 1. The van der Waals surface area contributed by atoms with Crippen molar-refractivity contribution in [2.24, 2.45) is 0 Å². The van der Waals surface area contributed by atoms with Crippen LogP contribution in [0.3, 0.4) is 0 Å². The van der Waals surface area contributed by atoms with Crippen molar-refractivity contribution in [2.75, 3.05) is 6.54 Å². The van der Waals surface area contributed by atoms with Crippen LogP contribution in [0.4, 0.5) is 4.39 Å². The first-order valence-electron chi connectivity index (χ1n) is 6.39. The molecule has 3 nitrogen and oxygen atoms in total. The van der Waals surface area contributed by atoms with E-state index in [1.165, 1.54) is 6.07 Å². The molecular weight excluding hydrogens is 279 g/mol. The Morgan fingerprint density at radius 3 is 2.80 bits per heavy atom. The van der Waals surface area contributed by atoms with E-state index < -0.39 is 0 Å². The average molecular weight is 295 g/mol. The molecule has 1 aromatic heterocycles. The Balaban J connectivity index is 2.14. The highest BCUT2D eigenvalue weighted by Crippen LogP contribution is 2.28. The molecule has 20 heavy (non-hydrogen) atoms. The Labute approximate surface area is 122 Å². The van der Waals surface area contributed by atoms with Crippen molar-refractivity contribution < 1.29 is 9.13 Å². The molecule has 1 heterocycles. The Morgan fingerprint density at radius 2 is 2.15 bits per heavy atom. The van der Waals surface area contributed by atoms with E-state index >= 15 is 0 Å². The minimum absolute atomic E-state index is 0.273. The zero-order valence-corrected chi connectivity index (χ0v) is 12.2. The summed E-state index contributed by atoms with van der Waals surface area (Å²) >= 11 is 6.12. The molecule has 0 spiro atoms. The first-order valence-corrected chi connectivity index (χ1v) is 6.77. The van der Waals surface area contributed by atoms with Crippen LogP contribution in [-0.4, -0.2) is 11.5 Å². The van der Waals surface area contributed by atoms with Crippen LogP contribution < -0.4 is 10.1 Å². The van der Waals surface area contributed by atoms with Crippen molar-refractivity contribution in [2.45, 2.75) is 20.4 Å². The molecule has 0 amide bonds. The number of benzene rings is 1. The number of hydrogen-bond acceptors (Lipinski definition) is 3. The summed E-state index contributed by atoms with van der Waals surface area (Å²) in [5.74, 6) is 0.333. The van der Waals surface area contributed by atoms with Gasteiger partial charge in [-0.3, -0.25) is 0 Å². The molecule has 0 bridgehead atoms. The van der Waals surface area contributed by atoms with Gasteiger partial charge in [0.2, 0.25) is 5.88 Å². The molecule has 0 aliphatic carbocycles. The summed E-state index contributed by atoms with van der Waals surface area (Å²) in [5.41, 5.74) is 1.54. The van der Waals surface area contributed by atoms with Crippen molar-refractivity contribution in [3.63, 3.8) is 0 Å². The van der Waals surface area contributed by atoms with Gasteiger partial charge in [-0.15, -0.1) is 0 Å². The van der Waals surface area contributed by atoms with Crippen LogP contribution in [0.25, 0.3) is 0 Å². The highest BCUT2D eigenvalue weighted by Gasteiger charge is 2.08. The molecule has 5 heteroatoms. The molecule has 2 rings (SSSR count). The second-order valence-corrected chi connectivity index (χ2v) is 4.83. The molecule has 0 aliphatic heterocycles. The predicted octanol–water partition coefficient (Wildman–Crippen LogP) is 4.08. The number of aryl methyl sites for hydroxylation is 1. The fraction of sp³-hybridized carbons (Fsp3) is 0.267. The molecule has 0 fully saturated rings. The van der Waals surface area contributed by atoms with E-state index in [1.807, 2.05) is 6.92 Å². The van der Waals surface area contributed by atoms with Gasteiger partial charge in [0.05, 0.1) is 0 Å². The van der Waals surface area contributed by atoms with Gasteiger partial charge in [-0.1, -0.05) is 24.6 Å². The number of hydrogen-bond donors (Lipinski definition) is 1. The summed E-state index contributed by atoms with van der Waals surface area (Å²) in [6.45, 7) is 5.29. The lowest BCUT2D eigenvalue weighted by Crippen LogP contribution is -2.11.